The van der Waals surface area contributed by atoms with Crippen molar-refractivity contribution in [1.29, 1.82) is 0 Å². The van der Waals surface area contributed by atoms with E-state index in [1.54, 1.807) is 44.7 Å². The molecule has 2 saturated heterocycles. The summed E-state index contributed by atoms with van der Waals surface area (Å²) >= 11 is 5.34. The third kappa shape index (κ3) is 42.1. The summed E-state index contributed by atoms with van der Waals surface area (Å²) in [5.74, 6) is -0.408. The lowest BCUT2D eigenvalue weighted by atomic mass is 10.1. The molecule has 93 heavy (non-hydrogen) atoms. The highest BCUT2D eigenvalue weighted by Crippen LogP contribution is 2.15. The van der Waals surface area contributed by atoms with Crippen molar-refractivity contribution < 1.29 is 57.7 Å². The van der Waals surface area contributed by atoms with Gasteiger partial charge in [0, 0.05) is 118 Å². The van der Waals surface area contributed by atoms with E-state index < -0.39 is 21.0 Å². The Kier molecular flexibility index (Phi) is 41.2. The number of nitrogens with zero attached hydrogens (tertiary/aromatic N) is 13. The molecule has 2 fully saturated rings. The van der Waals surface area contributed by atoms with Gasteiger partial charge in [-0.05, 0) is 105 Å². The minimum atomic E-state index is -0.594. The smallest absolute Gasteiger partial charge is 0.434 e. The number of hydrogen-bond donors (Lipinski definition) is 2. The maximum absolute atomic E-state index is 13.0. The van der Waals surface area contributed by atoms with Gasteiger partial charge in [0.25, 0.3) is 0 Å². The number of ketones is 5. The summed E-state index contributed by atoms with van der Waals surface area (Å²) in [7, 11) is 0. The Bertz CT molecular complexity index is 2590. The highest BCUT2D eigenvalue weighted by atomic mass is 35.5. The van der Waals surface area contributed by atoms with Gasteiger partial charge in [-0.15, -0.1) is 11.6 Å². The summed E-state index contributed by atoms with van der Waals surface area (Å²) in [5, 5.41) is 27.7. The highest BCUT2D eigenvalue weighted by Gasteiger charge is 2.25. The SMILES string of the molecule is CC(=O)CN1CCN(CC(C)=O)CCN(CC(=O)OC(C)(C)C)CCN(CC(=O)CCCCCCCn2ccnc2[N+](=O)[O-])CC1.CC(=O)CN1CCNCCN(CC(=O)OC(C)(C)C)CCN(CC(C)=O)CC1.O=C(CCl)NCCCCCCn1ccnc1[N+](=O)[O-]. The van der Waals surface area contributed by atoms with Crippen molar-refractivity contribution in [2.45, 2.75) is 158 Å². The third-order valence-electron chi connectivity index (χ3n) is 14.7. The van der Waals surface area contributed by atoms with Crippen LogP contribution in [0.25, 0.3) is 0 Å². The van der Waals surface area contributed by atoms with Crippen LogP contribution in [0, 0.1) is 20.2 Å². The zero-order chi connectivity index (χ0) is 69.4. The van der Waals surface area contributed by atoms with Crippen LogP contribution >= 0.6 is 11.6 Å². The van der Waals surface area contributed by atoms with Crippen molar-refractivity contribution in [2.75, 3.05) is 163 Å². The van der Waals surface area contributed by atoms with Crippen LogP contribution in [0.4, 0.5) is 11.9 Å². The molecule has 0 bridgehead atoms. The molecule has 2 N–H and O–H groups in total. The Hall–Kier alpha value is -6.05. The van der Waals surface area contributed by atoms with Crippen molar-refractivity contribution in [3.05, 3.63) is 45.0 Å². The van der Waals surface area contributed by atoms with E-state index in [0.717, 1.165) is 90.5 Å². The molecule has 0 aromatic carbocycles. The number of nitro groups is 2. The average molecular weight is 1340 g/mol. The first-order valence-corrected chi connectivity index (χ1v) is 33.3. The van der Waals surface area contributed by atoms with Crippen LogP contribution in [-0.4, -0.2) is 284 Å². The normalized spacial score (nSPS) is 16.3. The largest absolute Gasteiger partial charge is 0.459 e. The second-order valence-electron chi connectivity index (χ2n) is 26.0. The number of unbranched alkanes of at least 4 members (excludes halogenated alkanes) is 7. The predicted molar refractivity (Wildman–Crippen MR) is 355 cm³/mol. The number of carbonyl (C=O) groups excluding carboxylic acids is 8. The Balaban J connectivity index is 0.000000529. The molecular weight excluding hydrogens is 1230 g/mol. The van der Waals surface area contributed by atoms with Gasteiger partial charge in [0.05, 0.1) is 58.9 Å². The molecular formula is C63H110ClN15O14. The van der Waals surface area contributed by atoms with Gasteiger partial charge in [0.15, 0.2) is 0 Å². The van der Waals surface area contributed by atoms with Crippen LogP contribution in [-0.2, 0) is 60.9 Å². The Morgan fingerprint density at radius 3 is 1.14 bits per heavy atom. The van der Waals surface area contributed by atoms with Crippen molar-refractivity contribution in [3.8, 4) is 0 Å². The number of rotatable bonds is 32. The van der Waals surface area contributed by atoms with Gasteiger partial charge in [-0.1, -0.05) is 42.1 Å². The maximum atomic E-state index is 13.0. The molecule has 2 aliphatic rings. The molecule has 2 aliphatic heterocycles. The molecule has 29 nitrogen and oxygen atoms in total. The first kappa shape index (κ1) is 83.0. The molecule has 4 rings (SSSR count). The molecule has 0 unspecified atom stereocenters. The molecule has 0 aliphatic carbocycles. The molecule has 0 saturated carbocycles. The Labute approximate surface area is 555 Å². The van der Waals surface area contributed by atoms with Crippen LogP contribution in [0.1, 0.15) is 133 Å². The van der Waals surface area contributed by atoms with Crippen molar-refractivity contribution >= 4 is 70.3 Å². The number of Topliss-reactive ketones (excluding diaryl/α,β-unsaturated/α-hetero) is 5. The molecule has 30 heteroatoms. The van der Waals surface area contributed by atoms with Gasteiger partial charge >= 0.3 is 23.8 Å². The Morgan fingerprint density at radius 1 is 0.484 bits per heavy atom. The second-order valence-corrected chi connectivity index (χ2v) is 26.2. The fourth-order valence-corrected chi connectivity index (χ4v) is 10.4. The third-order valence-corrected chi connectivity index (χ3v) is 14.9. The van der Waals surface area contributed by atoms with E-state index in [1.807, 2.05) is 46.4 Å². The number of esters is 2. The Morgan fingerprint density at radius 2 is 0.796 bits per heavy atom. The number of aryl methyl sites for hydroxylation is 2. The maximum Gasteiger partial charge on any atom is 0.434 e. The first-order chi connectivity index (χ1) is 43.9. The summed E-state index contributed by atoms with van der Waals surface area (Å²) in [6.07, 6.45) is 14.6. The first-order valence-electron chi connectivity index (χ1n) is 32.8. The summed E-state index contributed by atoms with van der Waals surface area (Å²) in [6, 6.07) is 0. The number of carbonyl (C=O) groups is 8. The number of alkyl halides is 1. The van der Waals surface area contributed by atoms with Gasteiger partial charge in [0.2, 0.25) is 5.91 Å². The minimum Gasteiger partial charge on any atom is -0.459 e. The lowest BCUT2D eigenvalue weighted by Crippen LogP contribution is -2.49. The molecule has 2 aromatic heterocycles. The lowest BCUT2D eigenvalue weighted by molar-refractivity contribution is -0.396. The number of hydrogen-bond acceptors (Lipinski definition) is 24. The summed E-state index contributed by atoms with van der Waals surface area (Å²) in [4.78, 5) is 139. The average Bonchev–Trinajstić information content (AvgIpc) is 4.09. The van der Waals surface area contributed by atoms with E-state index in [0.29, 0.717) is 131 Å². The number of aromatic nitrogens is 4. The molecule has 0 atom stereocenters. The van der Waals surface area contributed by atoms with Gasteiger partial charge in [-0.2, -0.15) is 0 Å². The zero-order valence-corrected chi connectivity index (χ0v) is 58.1. The number of ether oxygens (including phenoxy) is 2. The zero-order valence-electron chi connectivity index (χ0n) is 57.4. The van der Waals surface area contributed by atoms with Crippen LogP contribution in [0.5, 0.6) is 0 Å². The van der Waals surface area contributed by atoms with Gasteiger partial charge in [-0.3, -0.25) is 72.7 Å². The van der Waals surface area contributed by atoms with Crippen LogP contribution in [0.3, 0.4) is 0 Å². The van der Waals surface area contributed by atoms with Crippen molar-refractivity contribution in [2.24, 2.45) is 0 Å². The lowest BCUT2D eigenvalue weighted by Gasteiger charge is -2.33. The minimum absolute atomic E-state index is 0.00963. The monoisotopic (exact) mass is 1340 g/mol. The van der Waals surface area contributed by atoms with E-state index in [2.05, 4.69) is 50.0 Å². The van der Waals surface area contributed by atoms with Crippen LogP contribution in [0.15, 0.2) is 24.8 Å². The molecule has 0 spiro atoms. The van der Waals surface area contributed by atoms with Gasteiger partial charge in [0.1, 0.15) is 70.8 Å². The van der Waals surface area contributed by atoms with E-state index in [-0.39, 0.29) is 77.6 Å². The molecule has 1 amide bonds. The number of halogens is 1. The van der Waals surface area contributed by atoms with Gasteiger partial charge < -0.3 is 40.3 Å². The summed E-state index contributed by atoms with van der Waals surface area (Å²) in [5.41, 5.74) is -1.09. The quantitative estimate of drug-likeness (QED) is 0.0341. The molecule has 4 heterocycles. The van der Waals surface area contributed by atoms with Gasteiger partial charge in [-0.25, -0.2) is 9.13 Å². The molecule has 2 aromatic rings. The number of nitrogens with one attached hydrogen (secondary N) is 2. The topological polar surface area (TPSA) is 324 Å². The fourth-order valence-electron chi connectivity index (χ4n) is 10.4. The fraction of sp³-hybridized carbons (Fsp3) is 0.778. The summed E-state index contributed by atoms with van der Waals surface area (Å²) in [6.45, 7) is 31.9. The van der Waals surface area contributed by atoms with Crippen LogP contribution in [0.2, 0.25) is 0 Å². The van der Waals surface area contributed by atoms with E-state index in [4.69, 9.17) is 21.1 Å². The van der Waals surface area contributed by atoms with E-state index in [9.17, 15) is 58.6 Å². The highest BCUT2D eigenvalue weighted by molar-refractivity contribution is 6.27. The standard InChI is InChI=1S/C32H55N7O7.C20H38N4O4.C11H17ClN4O3/c1-27(40)23-34-15-16-35(24-28(2)41)18-21-37(26-30(43)46-32(3,4)5)22-20-36(19-17-34)25-29(42)11-9-7-6-8-10-13-38-14-12-33-31(38)39(44)45;1-17(25)14-22-8-6-21-7-9-23(16-19(27)28-20(3,4)5)11-13-24(12-10-22)15-18(2)26;12-9-10(17)13-5-3-1-2-4-7-15-8-6-14-11(15)16(18)19/h12,14H,6-11,13,15-26H2,1-5H3;21H,6-16H2,1-5H3;6,8H,1-5,7,9H2,(H,13,17). The van der Waals surface area contributed by atoms with Crippen LogP contribution < -0.4 is 10.6 Å². The second kappa shape index (κ2) is 46.1. The predicted octanol–water partition coefficient (Wildman–Crippen LogP) is 4.16. The number of imidazole rings is 2. The van der Waals surface area contributed by atoms with Crippen molar-refractivity contribution in [1.82, 2.24) is 64.0 Å². The summed E-state index contributed by atoms with van der Waals surface area (Å²) < 4.78 is 14.1. The van der Waals surface area contributed by atoms with E-state index in [1.165, 1.54) is 17.0 Å². The number of amides is 1. The van der Waals surface area contributed by atoms with E-state index >= 15 is 0 Å². The molecule has 528 valence electrons. The van der Waals surface area contributed by atoms with Crippen molar-refractivity contribution in [3.63, 3.8) is 0 Å². The molecule has 0 radical (unpaired) electrons.